The molecule has 1 aromatic rings. The van der Waals surface area contributed by atoms with E-state index in [1.54, 1.807) is 4.90 Å². The zero-order valence-electron chi connectivity index (χ0n) is 10.9. The van der Waals surface area contributed by atoms with Gasteiger partial charge in [-0.2, -0.15) is 4.39 Å². The highest BCUT2D eigenvalue weighted by molar-refractivity contribution is 5.94. The van der Waals surface area contributed by atoms with Crippen molar-refractivity contribution >= 4 is 5.91 Å². The van der Waals surface area contributed by atoms with E-state index in [0.717, 1.165) is 6.20 Å². The smallest absolute Gasteiger partial charge is 0.257 e. The van der Waals surface area contributed by atoms with Crippen LogP contribution in [0.5, 0.6) is 0 Å². The fraction of sp³-hybridized carbons (Fsp3) is 0.538. The molecule has 2 heterocycles. The Morgan fingerprint density at radius 3 is 3.00 bits per heavy atom. The second-order valence-electron chi connectivity index (χ2n) is 4.63. The minimum Gasteiger partial charge on any atom is -0.375 e. The van der Waals surface area contributed by atoms with Crippen LogP contribution >= 0.6 is 0 Å². The van der Waals surface area contributed by atoms with Crippen molar-refractivity contribution in [3.63, 3.8) is 0 Å². The number of halogens is 2. The van der Waals surface area contributed by atoms with E-state index in [9.17, 15) is 13.6 Å². The molecule has 0 radical (unpaired) electrons. The van der Waals surface area contributed by atoms with Gasteiger partial charge >= 0.3 is 0 Å². The lowest BCUT2D eigenvalue weighted by molar-refractivity contribution is -0.0445. The number of ether oxygens (including phenoxy) is 1. The van der Waals surface area contributed by atoms with Gasteiger partial charge in [-0.15, -0.1) is 0 Å². The van der Waals surface area contributed by atoms with Gasteiger partial charge in [-0.3, -0.25) is 4.79 Å². The Labute approximate surface area is 110 Å². The number of morpholine rings is 1. The van der Waals surface area contributed by atoms with Crippen molar-refractivity contribution in [3.05, 3.63) is 29.6 Å². The maximum absolute atomic E-state index is 13.6. The lowest BCUT2D eigenvalue weighted by Crippen LogP contribution is -2.51. The van der Waals surface area contributed by atoms with Crippen LogP contribution in [-0.4, -0.2) is 41.1 Å². The molecule has 4 nitrogen and oxygen atoms in total. The fourth-order valence-corrected chi connectivity index (χ4v) is 2.17. The van der Waals surface area contributed by atoms with E-state index in [1.807, 2.05) is 13.8 Å². The number of carbonyl (C=O) groups excluding carboxylic acids is 1. The van der Waals surface area contributed by atoms with Gasteiger partial charge < -0.3 is 9.64 Å². The largest absolute Gasteiger partial charge is 0.375 e. The molecule has 0 spiro atoms. The first-order chi connectivity index (χ1) is 9.04. The third-order valence-corrected chi connectivity index (χ3v) is 3.28. The average Bonchev–Trinajstić information content (AvgIpc) is 2.41. The van der Waals surface area contributed by atoms with Crippen LogP contribution in [0.2, 0.25) is 0 Å². The molecule has 1 aliphatic rings. The molecular formula is C13H16F2N2O2. The zero-order chi connectivity index (χ0) is 14.0. The summed E-state index contributed by atoms with van der Waals surface area (Å²) in [6.45, 7) is 4.56. The van der Waals surface area contributed by atoms with Crippen LogP contribution < -0.4 is 0 Å². The van der Waals surface area contributed by atoms with E-state index in [1.165, 1.54) is 6.07 Å². The van der Waals surface area contributed by atoms with E-state index < -0.39 is 17.7 Å². The number of hydrogen-bond acceptors (Lipinski definition) is 3. The van der Waals surface area contributed by atoms with Crippen LogP contribution in [0, 0.1) is 11.8 Å². The molecule has 0 aliphatic carbocycles. The minimum absolute atomic E-state index is 0.110. The van der Waals surface area contributed by atoms with Gasteiger partial charge in [-0.05, 0) is 19.4 Å². The zero-order valence-corrected chi connectivity index (χ0v) is 10.9. The first-order valence-electron chi connectivity index (χ1n) is 6.27. The summed E-state index contributed by atoms with van der Waals surface area (Å²) in [7, 11) is 0. The van der Waals surface area contributed by atoms with E-state index in [2.05, 4.69) is 4.98 Å². The summed E-state index contributed by atoms with van der Waals surface area (Å²) in [6.07, 6.45) is 1.69. The highest BCUT2D eigenvalue weighted by Crippen LogP contribution is 2.19. The van der Waals surface area contributed by atoms with Gasteiger partial charge in [-0.1, -0.05) is 6.92 Å². The molecule has 2 unspecified atom stereocenters. The van der Waals surface area contributed by atoms with Crippen LogP contribution in [0.1, 0.15) is 30.6 Å². The van der Waals surface area contributed by atoms with E-state index >= 15 is 0 Å². The summed E-state index contributed by atoms with van der Waals surface area (Å²) in [5.74, 6) is -2.96. The topological polar surface area (TPSA) is 42.4 Å². The van der Waals surface area contributed by atoms with Gasteiger partial charge in [0, 0.05) is 12.7 Å². The first-order valence-corrected chi connectivity index (χ1v) is 6.27. The third-order valence-electron chi connectivity index (χ3n) is 3.28. The minimum atomic E-state index is -1.25. The van der Waals surface area contributed by atoms with Crippen LogP contribution in [-0.2, 0) is 4.74 Å². The molecule has 2 rings (SSSR count). The Bertz CT molecular complexity index is 482. The maximum atomic E-state index is 13.6. The number of nitrogens with zero attached hydrogens (tertiary/aromatic N) is 2. The van der Waals surface area contributed by atoms with Crippen molar-refractivity contribution < 1.29 is 18.3 Å². The summed E-state index contributed by atoms with van der Waals surface area (Å²) in [6, 6.07) is 1.09. The van der Waals surface area contributed by atoms with Crippen LogP contribution in [0.4, 0.5) is 8.78 Å². The molecule has 2 atom stereocenters. The molecule has 0 aromatic carbocycles. The SMILES string of the molecule is CCC1COC(C)CN1C(=O)c1ccnc(F)c1F. The van der Waals surface area contributed by atoms with Crippen LogP contribution in [0.3, 0.4) is 0 Å². The van der Waals surface area contributed by atoms with Gasteiger partial charge in [-0.25, -0.2) is 9.37 Å². The molecule has 1 aliphatic heterocycles. The second kappa shape index (κ2) is 5.61. The normalized spacial score (nSPS) is 23.5. The van der Waals surface area contributed by atoms with Crippen molar-refractivity contribution in [2.24, 2.45) is 0 Å². The Balaban J connectivity index is 2.28. The first kappa shape index (κ1) is 13.9. The maximum Gasteiger partial charge on any atom is 0.257 e. The second-order valence-corrected chi connectivity index (χ2v) is 4.63. The number of amides is 1. The molecule has 0 bridgehead atoms. The Hall–Kier alpha value is -1.56. The predicted molar refractivity (Wildman–Crippen MR) is 64.7 cm³/mol. The Morgan fingerprint density at radius 2 is 2.32 bits per heavy atom. The van der Waals surface area contributed by atoms with Gasteiger partial charge in [0.25, 0.3) is 5.91 Å². The van der Waals surface area contributed by atoms with Crippen molar-refractivity contribution in [1.29, 1.82) is 0 Å². The Morgan fingerprint density at radius 1 is 1.58 bits per heavy atom. The van der Waals surface area contributed by atoms with Gasteiger partial charge in [0.15, 0.2) is 5.82 Å². The van der Waals surface area contributed by atoms with Crippen molar-refractivity contribution in [2.45, 2.75) is 32.4 Å². The number of rotatable bonds is 2. The number of pyridine rings is 1. The molecule has 1 aromatic heterocycles. The monoisotopic (exact) mass is 270 g/mol. The molecule has 19 heavy (non-hydrogen) atoms. The molecule has 6 heteroatoms. The number of carbonyl (C=O) groups is 1. The number of aromatic nitrogens is 1. The summed E-state index contributed by atoms with van der Waals surface area (Å²) >= 11 is 0. The highest BCUT2D eigenvalue weighted by Gasteiger charge is 2.31. The van der Waals surface area contributed by atoms with Gasteiger partial charge in [0.05, 0.1) is 24.3 Å². The van der Waals surface area contributed by atoms with E-state index in [4.69, 9.17) is 4.74 Å². The van der Waals surface area contributed by atoms with Gasteiger partial charge in [0.2, 0.25) is 5.95 Å². The standard InChI is InChI=1S/C13H16F2N2O2/c1-3-9-7-19-8(2)6-17(9)13(18)10-4-5-16-12(15)11(10)14/h4-5,8-9H,3,6-7H2,1-2H3. The van der Waals surface area contributed by atoms with Crippen LogP contribution in [0.15, 0.2) is 12.3 Å². The quantitative estimate of drug-likeness (QED) is 0.772. The summed E-state index contributed by atoms with van der Waals surface area (Å²) in [4.78, 5) is 17.1. The van der Waals surface area contributed by atoms with Crippen molar-refractivity contribution in [2.75, 3.05) is 13.2 Å². The number of hydrogen-bond donors (Lipinski definition) is 0. The van der Waals surface area contributed by atoms with Crippen molar-refractivity contribution in [3.8, 4) is 0 Å². The molecule has 1 fully saturated rings. The summed E-state index contributed by atoms with van der Waals surface area (Å²) in [5, 5.41) is 0. The lowest BCUT2D eigenvalue weighted by atomic mass is 10.1. The Kier molecular flexibility index (Phi) is 4.09. The lowest BCUT2D eigenvalue weighted by Gasteiger charge is -2.38. The predicted octanol–water partition coefficient (Wildman–Crippen LogP) is 2.00. The fourth-order valence-electron chi connectivity index (χ4n) is 2.17. The van der Waals surface area contributed by atoms with E-state index in [-0.39, 0.29) is 17.7 Å². The third kappa shape index (κ3) is 2.73. The highest BCUT2D eigenvalue weighted by atomic mass is 19.2. The molecule has 104 valence electrons. The molecule has 1 saturated heterocycles. The molecule has 0 N–H and O–H groups in total. The van der Waals surface area contributed by atoms with Crippen LogP contribution in [0.25, 0.3) is 0 Å². The molecule has 1 amide bonds. The molecular weight excluding hydrogens is 254 g/mol. The van der Waals surface area contributed by atoms with Crippen molar-refractivity contribution in [1.82, 2.24) is 9.88 Å². The average molecular weight is 270 g/mol. The van der Waals surface area contributed by atoms with Gasteiger partial charge in [0.1, 0.15) is 0 Å². The summed E-state index contributed by atoms with van der Waals surface area (Å²) < 4.78 is 32.2. The van der Waals surface area contributed by atoms with E-state index in [0.29, 0.717) is 19.6 Å². The summed E-state index contributed by atoms with van der Waals surface area (Å²) in [5.41, 5.74) is -0.278. The molecule has 0 saturated carbocycles.